The molecule has 0 amide bonds. The molecule has 2 nitrogen and oxygen atoms in total. The first-order chi connectivity index (χ1) is 6.84. The minimum absolute atomic E-state index is 1.07. The molecule has 0 saturated heterocycles. The average molecular weight is 202 g/mol. The van der Waals surface area contributed by atoms with Gasteiger partial charge in [0.2, 0.25) is 0 Å². The molecule has 0 spiro atoms. The Bertz CT molecular complexity index is 397. The van der Waals surface area contributed by atoms with E-state index in [0.717, 1.165) is 4.90 Å². The Hall–Kier alpha value is -1.35. The molecule has 2 aromatic rings. The Kier molecular flexibility index (Phi) is 2.79. The lowest BCUT2D eigenvalue weighted by molar-refractivity contribution is 1.10. The zero-order chi connectivity index (χ0) is 9.80. The fraction of sp³-hybridized carbons (Fsp3) is 0.0909. The Labute approximate surface area is 87.4 Å². The maximum absolute atomic E-state index is 3.97. The fourth-order valence-electron chi connectivity index (χ4n) is 1.08. The van der Waals surface area contributed by atoms with Crippen LogP contribution in [0.5, 0.6) is 0 Å². The zero-order valence-corrected chi connectivity index (χ0v) is 8.66. The molecule has 2 rings (SSSR count). The zero-order valence-electron chi connectivity index (χ0n) is 7.84. The highest BCUT2D eigenvalue weighted by Crippen LogP contribution is 2.25. The van der Waals surface area contributed by atoms with Crippen molar-refractivity contribution in [2.45, 2.75) is 16.7 Å². The minimum atomic E-state index is 1.07. The van der Waals surface area contributed by atoms with Gasteiger partial charge in [0.15, 0.2) is 0 Å². The molecular weight excluding hydrogens is 192 g/mol. The lowest BCUT2D eigenvalue weighted by Crippen LogP contribution is -1.78. The van der Waals surface area contributed by atoms with E-state index in [2.05, 4.69) is 41.2 Å². The van der Waals surface area contributed by atoms with Gasteiger partial charge in [-0.3, -0.25) is 0 Å². The van der Waals surface area contributed by atoms with Crippen molar-refractivity contribution in [1.82, 2.24) is 9.97 Å². The third-order valence-corrected chi connectivity index (χ3v) is 2.75. The van der Waals surface area contributed by atoms with Crippen LogP contribution in [0.15, 0.2) is 52.8 Å². The number of benzene rings is 1. The molecule has 1 aromatic heterocycles. The van der Waals surface area contributed by atoms with Crippen LogP contribution in [0.4, 0.5) is 0 Å². The normalized spacial score (nSPS) is 10.1. The minimum Gasteiger partial charge on any atom is -0.244 e. The van der Waals surface area contributed by atoms with Gasteiger partial charge in [-0.05, 0) is 19.1 Å². The predicted molar refractivity (Wildman–Crippen MR) is 57.3 cm³/mol. The topological polar surface area (TPSA) is 25.8 Å². The van der Waals surface area contributed by atoms with Gasteiger partial charge >= 0.3 is 0 Å². The van der Waals surface area contributed by atoms with E-state index in [9.17, 15) is 0 Å². The van der Waals surface area contributed by atoms with Crippen LogP contribution in [0, 0.1) is 6.92 Å². The van der Waals surface area contributed by atoms with E-state index >= 15 is 0 Å². The first-order valence-electron chi connectivity index (χ1n) is 4.34. The molecule has 0 unspecified atom stereocenters. The van der Waals surface area contributed by atoms with Crippen molar-refractivity contribution >= 4 is 11.8 Å². The fourth-order valence-corrected chi connectivity index (χ4v) is 1.85. The third kappa shape index (κ3) is 2.33. The van der Waals surface area contributed by atoms with Gasteiger partial charge in [-0.1, -0.05) is 29.5 Å². The molecule has 0 fully saturated rings. The summed E-state index contributed by atoms with van der Waals surface area (Å²) in [7, 11) is 0. The highest BCUT2D eigenvalue weighted by molar-refractivity contribution is 7.99. The first kappa shape index (κ1) is 9.21. The number of aryl methyl sites for hydroxylation is 1. The van der Waals surface area contributed by atoms with Crippen LogP contribution in [0.25, 0.3) is 0 Å². The van der Waals surface area contributed by atoms with Crippen LogP contribution in [-0.2, 0) is 0 Å². The molecule has 1 aromatic carbocycles. The predicted octanol–water partition coefficient (Wildman–Crippen LogP) is 2.94. The molecule has 0 saturated carbocycles. The van der Waals surface area contributed by atoms with Gasteiger partial charge < -0.3 is 0 Å². The van der Waals surface area contributed by atoms with Gasteiger partial charge in [0.1, 0.15) is 6.33 Å². The molecule has 0 N–H and O–H groups in total. The van der Waals surface area contributed by atoms with E-state index in [1.54, 1.807) is 18.1 Å². The highest BCUT2D eigenvalue weighted by Gasteiger charge is 1.96. The average Bonchev–Trinajstić information content (AvgIpc) is 2.23. The molecule has 3 heteroatoms. The molecule has 1 heterocycles. The number of hydrogen-bond acceptors (Lipinski definition) is 3. The lowest BCUT2D eigenvalue weighted by Gasteiger charge is -2.00. The van der Waals surface area contributed by atoms with E-state index in [1.165, 1.54) is 10.5 Å². The molecule has 0 bridgehead atoms. The second kappa shape index (κ2) is 4.24. The molecule has 70 valence electrons. The summed E-state index contributed by atoms with van der Waals surface area (Å²) >= 11 is 1.67. The monoisotopic (exact) mass is 202 g/mol. The number of aromatic nitrogens is 2. The molecule has 14 heavy (non-hydrogen) atoms. The Morgan fingerprint density at radius 1 is 0.929 bits per heavy atom. The van der Waals surface area contributed by atoms with Crippen molar-refractivity contribution in [3.8, 4) is 0 Å². The van der Waals surface area contributed by atoms with Gasteiger partial charge in [0.25, 0.3) is 0 Å². The maximum Gasteiger partial charge on any atom is 0.115 e. The van der Waals surface area contributed by atoms with E-state index in [0.29, 0.717) is 0 Å². The van der Waals surface area contributed by atoms with Crippen molar-refractivity contribution in [3.05, 3.63) is 48.5 Å². The summed E-state index contributed by atoms with van der Waals surface area (Å²) in [4.78, 5) is 10.2. The van der Waals surface area contributed by atoms with Crippen molar-refractivity contribution < 1.29 is 0 Å². The van der Waals surface area contributed by atoms with Gasteiger partial charge in [-0.2, -0.15) is 0 Å². The Balaban J connectivity index is 2.16. The number of hydrogen-bond donors (Lipinski definition) is 0. The van der Waals surface area contributed by atoms with Crippen LogP contribution in [0.1, 0.15) is 5.56 Å². The van der Waals surface area contributed by atoms with Gasteiger partial charge in [-0.25, -0.2) is 9.97 Å². The third-order valence-electron chi connectivity index (χ3n) is 1.79. The van der Waals surface area contributed by atoms with Crippen LogP contribution in [0.3, 0.4) is 0 Å². The van der Waals surface area contributed by atoms with Crippen molar-refractivity contribution in [3.63, 3.8) is 0 Å². The molecule has 0 aliphatic carbocycles. The van der Waals surface area contributed by atoms with Crippen LogP contribution in [-0.4, -0.2) is 9.97 Å². The maximum atomic E-state index is 3.97. The standard InChI is InChI=1S/C11H10N2S/c1-9-2-4-10(5-3-9)14-11-6-12-8-13-7-11/h2-8H,1H3. The molecular formula is C11H10N2S. The molecule has 0 aliphatic rings. The molecule has 0 radical (unpaired) electrons. The summed E-state index contributed by atoms with van der Waals surface area (Å²) in [6.45, 7) is 2.08. The Morgan fingerprint density at radius 2 is 1.57 bits per heavy atom. The van der Waals surface area contributed by atoms with Crippen LogP contribution < -0.4 is 0 Å². The van der Waals surface area contributed by atoms with Crippen LogP contribution in [0.2, 0.25) is 0 Å². The lowest BCUT2D eigenvalue weighted by atomic mass is 10.2. The van der Waals surface area contributed by atoms with Crippen molar-refractivity contribution in [2.24, 2.45) is 0 Å². The van der Waals surface area contributed by atoms with Crippen LogP contribution >= 0.6 is 11.8 Å². The number of rotatable bonds is 2. The first-order valence-corrected chi connectivity index (χ1v) is 5.16. The summed E-state index contributed by atoms with van der Waals surface area (Å²) in [5, 5.41) is 0. The second-order valence-electron chi connectivity index (χ2n) is 2.99. The highest BCUT2D eigenvalue weighted by atomic mass is 32.2. The summed E-state index contributed by atoms with van der Waals surface area (Å²) in [5.41, 5.74) is 1.28. The van der Waals surface area contributed by atoms with Gasteiger partial charge in [-0.15, -0.1) is 0 Å². The SMILES string of the molecule is Cc1ccc(Sc2cncnc2)cc1. The van der Waals surface area contributed by atoms with E-state index in [1.807, 2.05) is 12.4 Å². The van der Waals surface area contributed by atoms with Gasteiger partial charge in [0.05, 0.1) is 0 Å². The van der Waals surface area contributed by atoms with Crippen molar-refractivity contribution in [2.75, 3.05) is 0 Å². The smallest absolute Gasteiger partial charge is 0.115 e. The van der Waals surface area contributed by atoms with E-state index in [-0.39, 0.29) is 0 Å². The quantitative estimate of drug-likeness (QED) is 0.748. The Morgan fingerprint density at radius 3 is 2.21 bits per heavy atom. The number of nitrogens with zero attached hydrogens (tertiary/aromatic N) is 2. The molecule has 0 atom stereocenters. The van der Waals surface area contributed by atoms with Crippen molar-refractivity contribution in [1.29, 1.82) is 0 Å². The summed E-state index contributed by atoms with van der Waals surface area (Å²) < 4.78 is 0. The summed E-state index contributed by atoms with van der Waals surface area (Å²) in [6, 6.07) is 8.41. The van der Waals surface area contributed by atoms with E-state index < -0.39 is 0 Å². The van der Waals surface area contributed by atoms with E-state index in [4.69, 9.17) is 0 Å². The largest absolute Gasteiger partial charge is 0.244 e. The summed E-state index contributed by atoms with van der Waals surface area (Å²) in [5.74, 6) is 0. The van der Waals surface area contributed by atoms with Gasteiger partial charge in [0, 0.05) is 22.2 Å². The second-order valence-corrected chi connectivity index (χ2v) is 4.14. The summed E-state index contributed by atoms with van der Waals surface area (Å²) in [6.07, 6.45) is 5.17. The molecule has 0 aliphatic heterocycles.